The number of amides is 1. The predicted molar refractivity (Wildman–Crippen MR) is 51.5 cm³/mol. The molecule has 1 amide bonds. The molecule has 0 aliphatic heterocycles. The first-order valence-corrected chi connectivity index (χ1v) is 6.09. The van der Waals surface area contributed by atoms with Crippen LogP contribution in [-0.2, 0) is 24.2 Å². The molecule has 0 aromatic rings. The molecule has 1 unspecified atom stereocenters. The fourth-order valence-corrected chi connectivity index (χ4v) is 1.41. The minimum absolute atomic E-state index is 0.805. The summed E-state index contributed by atoms with van der Waals surface area (Å²) in [5, 5.41) is 18.7. The van der Waals surface area contributed by atoms with Crippen molar-refractivity contribution in [2.45, 2.75) is 12.5 Å². The third-order valence-corrected chi connectivity index (χ3v) is 2.19. The quantitative estimate of drug-likeness (QED) is 0.501. The minimum Gasteiger partial charge on any atom is -0.481 e. The molecule has 0 spiro atoms. The summed E-state index contributed by atoms with van der Waals surface area (Å²) >= 11 is 0. The molecular weight excluding hydrogens is 242 g/mol. The summed E-state index contributed by atoms with van der Waals surface area (Å²) in [6.07, 6.45) is -0.00954. The highest BCUT2D eigenvalue weighted by molar-refractivity contribution is 7.91. The number of rotatable bonds is 6. The molecule has 1 atom stereocenters. The highest BCUT2D eigenvalue weighted by Crippen LogP contribution is 1.94. The van der Waals surface area contributed by atoms with E-state index in [1.54, 1.807) is 5.32 Å². The lowest BCUT2D eigenvalue weighted by Gasteiger charge is -2.11. The maximum Gasteiger partial charge on any atom is 0.326 e. The molecule has 0 aromatic heterocycles. The van der Waals surface area contributed by atoms with Gasteiger partial charge in [-0.3, -0.25) is 9.59 Å². The van der Waals surface area contributed by atoms with E-state index in [9.17, 15) is 22.8 Å². The maximum absolute atomic E-state index is 11.0. The highest BCUT2D eigenvalue weighted by atomic mass is 32.2. The zero-order valence-electron chi connectivity index (χ0n) is 8.34. The monoisotopic (exact) mass is 253 g/mol. The molecule has 16 heavy (non-hydrogen) atoms. The zero-order valence-corrected chi connectivity index (χ0v) is 9.15. The van der Waals surface area contributed by atoms with Gasteiger partial charge in [0.2, 0.25) is 5.91 Å². The van der Waals surface area contributed by atoms with Crippen molar-refractivity contribution in [1.29, 1.82) is 0 Å². The Morgan fingerprint density at radius 1 is 1.25 bits per heavy atom. The van der Waals surface area contributed by atoms with Gasteiger partial charge in [-0.05, 0) is 0 Å². The molecular formula is C7H11NO7S. The topological polar surface area (TPSA) is 138 Å². The van der Waals surface area contributed by atoms with E-state index in [4.69, 9.17) is 10.2 Å². The molecule has 0 fully saturated rings. The SMILES string of the molecule is CS(=O)(=O)CC(=O)NC(CC(=O)O)C(=O)O. The highest BCUT2D eigenvalue weighted by Gasteiger charge is 2.24. The van der Waals surface area contributed by atoms with Crippen LogP contribution in [0, 0.1) is 0 Å². The van der Waals surface area contributed by atoms with E-state index in [-0.39, 0.29) is 0 Å². The Morgan fingerprint density at radius 3 is 2.06 bits per heavy atom. The molecule has 8 nitrogen and oxygen atoms in total. The first kappa shape index (κ1) is 14.4. The van der Waals surface area contributed by atoms with Gasteiger partial charge in [0.1, 0.15) is 11.8 Å². The van der Waals surface area contributed by atoms with Gasteiger partial charge >= 0.3 is 11.9 Å². The van der Waals surface area contributed by atoms with Gasteiger partial charge in [0, 0.05) is 6.26 Å². The van der Waals surface area contributed by atoms with Crippen LogP contribution in [0.15, 0.2) is 0 Å². The Labute approximate surface area is 91.2 Å². The second-order valence-electron chi connectivity index (χ2n) is 3.13. The van der Waals surface area contributed by atoms with Crippen LogP contribution in [0.5, 0.6) is 0 Å². The van der Waals surface area contributed by atoms with Gasteiger partial charge in [-0.15, -0.1) is 0 Å². The van der Waals surface area contributed by atoms with Crippen LogP contribution in [0.3, 0.4) is 0 Å². The minimum atomic E-state index is -3.58. The van der Waals surface area contributed by atoms with E-state index in [0.717, 1.165) is 6.26 Å². The van der Waals surface area contributed by atoms with Gasteiger partial charge in [-0.2, -0.15) is 0 Å². The number of nitrogens with one attached hydrogen (secondary N) is 1. The van der Waals surface area contributed by atoms with Crippen LogP contribution in [0.1, 0.15) is 6.42 Å². The van der Waals surface area contributed by atoms with Gasteiger partial charge in [0.25, 0.3) is 0 Å². The Balaban J connectivity index is 4.47. The van der Waals surface area contributed by atoms with E-state index in [0.29, 0.717) is 0 Å². The number of carboxylic acid groups (broad SMARTS) is 2. The molecule has 0 aliphatic rings. The lowest BCUT2D eigenvalue weighted by molar-refractivity contribution is -0.147. The van der Waals surface area contributed by atoms with Crippen molar-refractivity contribution >= 4 is 27.7 Å². The van der Waals surface area contributed by atoms with E-state index in [1.165, 1.54) is 0 Å². The van der Waals surface area contributed by atoms with Crippen LogP contribution in [0.4, 0.5) is 0 Å². The third-order valence-electron chi connectivity index (χ3n) is 1.41. The molecule has 0 radical (unpaired) electrons. The lowest BCUT2D eigenvalue weighted by Crippen LogP contribution is -2.44. The summed E-state index contributed by atoms with van der Waals surface area (Å²) in [5.41, 5.74) is 0. The van der Waals surface area contributed by atoms with Crippen molar-refractivity contribution in [1.82, 2.24) is 5.32 Å². The summed E-state index contributed by atoms with van der Waals surface area (Å²) in [5.74, 6) is -4.87. The first-order valence-electron chi connectivity index (χ1n) is 4.03. The average molecular weight is 253 g/mol. The average Bonchev–Trinajstić information content (AvgIpc) is 1.97. The van der Waals surface area contributed by atoms with E-state index in [1.807, 2.05) is 0 Å². The second-order valence-corrected chi connectivity index (χ2v) is 5.27. The molecule has 0 rings (SSSR count). The fourth-order valence-electron chi connectivity index (χ4n) is 0.849. The number of carbonyl (C=O) groups excluding carboxylic acids is 1. The number of carboxylic acids is 2. The number of carbonyl (C=O) groups is 3. The van der Waals surface area contributed by atoms with Gasteiger partial charge in [-0.25, -0.2) is 13.2 Å². The van der Waals surface area contributed by atoms with Gasteiger partial charge < -0.3 is 15.5 Å². The predicted octanol–water partition coefficient (Wildman–Crippen LogP) is -1.92. The van der Waals surface area contributed by atoms with Crippen molar-refractivity contribution in [3.05, 3.63) is 0 Å². The van der Waals surface area contributed by atoms with Crippen LogP contribution in [-0.4, -0.2) is 54.5 Å². The number of hydrogen-bond donors (Lipinski definition) is 3. The molecule has 9 heteroatoms. The normalized spacial score (nSPS) is 12.8. The van der Waals surface area contributed by atoms with E-state index >= 15 is 0 Å². The van der Waals surface area contributed by atoms with Crippen molar-refractivity contribution in [3.63, 3.8) is 0 Å². The lowest BCUT2D eigenvalue weighted by atomic mass is 10.2. The third kappa shape index (κ3) is 6.76. The van der Waals surface area contributed by atoms with Gasteiger partial charge in [0.05, 0.1) is 6.42 Å². The molecule has 0 saturated heterocycles. The van der Waals surface area contributed by atoms with Crippen LogP contribution >= 0.6 is 0 Å². The number of sulfone groups is 1. The summed E-state index contributed by atoms with van der Waals surface area (Å²) in [6, 6.07) is -1.63. The second kappa shape index (κ2) is 5.45. The summed E-state index contributed by atoms with van der Waals surface area (Å²) in [6.45, 7) is 0. The van der Waals surface area contributed by atoms with Crippen molar-refractivity contribution in [2.75, 3.05) is 12.0 Å². The summed E-state index contributed by atoms with van der Waals surface area (Å²) in [7, 11) is -3.58. The number of aliphatic carboxylic acids is 2. The fraction of sp³-hybridized carbons (Fsp3) is 0.571. The van der Waals surface area contributed by atoms with Crippen LogP contribution < -0.4 is 5.32 Å². The Kier molecular flexibility index (Phi) is 4.89. The summed E-state index contributed by atoms with van der Waals surface area (Å²) < 4.78 is 21.4. The van der Waals surface area contributed by atoms with Crippen LogP contribution in [0.2, 0.25) is 0 Å². The Morgan fingerprint density at radius 2 is 1.75 bits per heavy atom. The largest absolute Gasteiger partial charge is 0.481 e. The van der Waals surface area contributed by atoms with Crippen LogP contribution in [0.25, 0.3) is 0 Å². The smallest absolute Gasteiger partial charge is 0.326 e. The van der Waals surface area contributed by atoms with E-state index in [2.05, 4.69) is 0 Å². The molecule has 0 aliphatic carbocycles. The van der Waals surface area contributed by atoms with E-state index < -0.39 is 45.9 Å². The molecule has 3 N–H and O–H groups in total. The standard InChI is InChI=1S/C7H11NO7S/c1-16(14,15)3-5(9)8-4(7(12)13)2-6(10)11/h4H,2-3H2,1H3,(H,8,9)(H,10,11)(H,12,13). The van der Waals surface area contributed by atoms with Gasteiger partial charge in [0.15, 0.2) is 9.84 Å². The molecule has 0 bridgehead atoms. The maximum atomic E-state index is 11.0. The zero-order chi connectivity index (χ0) is 12.9. The van der Waals surface area contributed by atoms with Crippen molar-refractivity contribution in [2.24, 2.45) is 0 Å². The molecule has 0 saturated carbocycles. The first-order chi connectivity index (χ1) is 7.11. The Hall–Kier alpha value is -1.64. The molecule has 0 heterocycles. The van der Waals surface area contributed by atoms with Crippen molar-refractivity contribution in [3.8, 4) is 0 Å². The Bertz CT molecular complexity index is 399. The molecule has 0 aromatic carbocycles. The number of hydrogen-bond acceptors (Lipinski definition) is 5. The summed E-state index contributed by atoms with van der Waals surface area (Å²) in [4.78, 5) is 31.8. The van der Waals surface area contributed by atoms with Gasteiger partial charge in [-0.1, -0.05) is 0 Å². The van der Waals surface area contributed by atoms with Crippen molar-refractivity contribution < 1.29 is 33.0 Å². The molecule has 92 valence electrons.